The molecule has 3 aromatic rings. The third-order valence-electron chi connectivity index (χ3n) is 4.01. The summed E-state index contributed by atoms with van der Waals surface area (Å²) in [5.41, 5.74) is 3.03. The standard InChI is InChI=1S/C19H20ClN5O/c1-14(17-4-2-3-5-18(17)20)24-19(26)22-10-15-6-8-16(9-7-15)11-25-13-21-12-23-25/h2-9,12-14H,10-11H2,1H3,(H2,22,24,26). The van der Waals surface area contributed by atoms with Gasteiger partial charge < -0.3 is 10.6 Å². The maximum Gasteiger partial charge on any atom is 0.315 e. The van der Waals surface area contributed by atoms with E-state index in [9.17, 15) is 4.79 Å². The van der Waals surface area contributed by atoms with E-state index in [2.05, 4.69) is 20.7 Å². The summed E-state index contributed by atoms with van der Waals surface area (Å²) in [5, 5.41) is 10.5. The molecule has 0 aliphatic heterocycles. The molecule has 1 atom stereocenters. The molecular weight excluding hydrogens is 350 g/mol. The smallest absolute Gasteiger partial charge is 0.315 e. The summed E-state index contributed by atoms with van der Waals surface area (Å²) in [6.45, 7) is 3.02. The lowest BCUT2D eigenvalue weighted by atomic mass is 10.1. The number of aromatic nitrogens is 3. The summed E-state index contributed by atoms with van der Waals surface area (Å²) in [6.07, 6.45) is 3.19. The number of benzene rings is 2. The summed E-state index contributed by atoms with van der Waals surface area (Å²) in [6, 6.07) is 15.1. The molecule has 7 heteroatoms. The summed E-state index contributed by atoms with van der Waals surface area (Å²) < 4.78 is 1.76. The molecule has 134 valence electrons. The highest BCUT2D eigenvalue weighted by molar-refractivity contribution is 6.31. The molecule has 1 aromatic heterocycles. The Labute approximate surface area is 157 Å². The van der Waals surface area contributed by atoms with Crippen molar-refractivity contribution in [2.24, 2.45) is 0 Å². The first kappa shape index (κ1) is 17.9. The van der Waals surface area contributed by atoms with Gasteiger partial charge in [-0.25, -0.2) is 14.5 Å². The first-order valence-corrected chi connectivity index (χ1v) is 8.68. The average Bonchev–Trinajstić information content (AvgIpc) is 3.14. The zero-order valence-corrected chi connectivity index (χ0v) is 15.1. The van der Waals surface area contributed by atoms with E-state index in [1.54, 1.807) is 11.0 Å². The highest BCUT2D eigenvalue weighted by Gasteiger charge is 2.11. The van der Waals surface area contributed by atoms with Crippen LogP contribution in [0.25, 0.3) is 0 Å². The summed E-state index contributed by atoms with van der Waals surface area (Å²) in [7, 11) is 0. The van der Waals surface area contributed by atoms with E-state index in [-0.39, 0.29) is 12.1 Å². The third kappa shape index (κ3) is 4.83. The van der Waals surface area contributed by atoms with E-state index < -0.39 is 0 Å². The van der Waals surface area contributed by atoms with Gasteiger partial charge in [-0.1, -0.05) is 54.1 Å². The lowest BCUT2D eigenvalue weighted by Crippen LogP contribution is -2.36. The Balaban J connectivity index is 1.49. The number of nitrogens with one attached hydrogen (secondary N) is 2. The van der Waals surface area contributed by atoms with Gasteiger partial charge in [0.1, 0.15) is 12.7 Å². The summed E-state index contributed by atoms with van der Waals surface area (Å²) in [4.78, 5) is 16.0. The highest BCUT2D eigenvalue weighted by atomic mass is 35.5. The Kier molecular flexibility index (Phi) is 5.86. The minimum Gasteiger partial charge on any atom is -0.334 e. The van der Waals surface area contributed by atoms with Crippen LogP contribution in [0.5, 0.6) is 0 Å². The van der Waals surface area contributed by atoms with E-state index in [0.717, 1.165) is 16.7 Å². The monoisotopic (exact) mass is 369 g/mol. The van der Waals surface area contributed by atoms with Crippen LogP contribution in [-0.4, -0.2) is 20.8 Å². The van der Waals surface area contributed by atoms with Gasteiger partial charge in [0.05, 0.1) is 12.6 Å². The van der Waals surface area contributed by atoms with Gasteiger partial charge in [0.2, 0.25) is 0 Å². The van der Waals surface area contributed by atoms with Crippen molar-refractivity contribution in [3.05, 3.63) is 82.9 Å². The fourth-order valence-electron chi connectivity index (χ4n) is 2.60. The first-order valence-electron chi connectivity index (χ1n) is 8.31. The number of hydrogen-bond donors (Lipinski definition) is 2. The Hall–Kier alpha value is -2.86. The molecular formula is C19H20ClN5O. The lowest BCUT2D eigenvalue weighted by molar-refractivity contribution is 0.237. The molecule has 0 saturated carbocycles. The molecule has 0 saturated heterocycles. The normalized spacial score (nSPS) is 11.8. The van der Waals surface area contributed by atoms with Crippen molar-refractivity contribution < 1.29 is 4.79 Å². The van der Waals surface area contributed by atoms with Gasteiger partial charge in [-0.2, -0.15) is 5.10 Å². The van der Waals surface area contributed by atoms with Gasteiger partial charge in [-0.15, -0.1) is 0 Å². The van der Waals surface area contributed by atoms with Crippen LogP contribution < -0.4 is 10.6 Å². The van der Waals surface area contributed by atoms with Crippen LogP contribution in [0.1, 0.15) is 29.7 Å². The number of carbonyl (C=O) groups excluding carboxylic acids is 1. The van der Waals surface area contributed by atoms with Gasteiger partial charge in [-0.3, -0.25) is 0 Å². The SMILES string of the molecule is CC(NC(=O)NCc1ccc(Cn2cncn2)cc1)c1ccccc1Cl. The third-order valence-corrected chi connectivity index (χ3v) is 4.35. The lowest BCUT2D eigenvalue weighted by Gasteiger charge is -2.16. The molecule has 0 aliphatic rings. The molecule has 3 rings (SSSR count). The Morgan fingerprint density at radius 2 is 1.88 bits per heavy atom. The second-order valence-corrected chi connectivity index (χ2v) is 6.39. The van der Waals surface area contributed by atoms with Crippen molar-refractivity contribution in [1.29, 1.82) is 0 Å². The molecule has 1 unspecified atom stereocenters. The van der Waals surface area contributed by atoms with Crippen LogP contribution in [0.3, 0.4) is 0 Å². The maximum atomic E-state index is 12.1. The van der Waals surface area contributed by atoms with Crippen molar-refractivity contribution in [3.63, 3.8) is 0 Å². The van der Waals surface area contributed by atoms with Crippen molar-refractivity contribution >= 4 is 17.6 Å². The zero-order valence-electron chi connectivity index (χ0n) is 14.4. The number of hydrogen-bond acceptors (Lipinski definition) is 3. The highest BCUT2D eigenvalue weighted by Crippen LogP contribution is 2.21. The van der Waals surface area contributed by atoms with Crippen LogP contribution in [0.2, 0.25) is 5.02 Å². The Morgan fingerprint density at radius 1 is 1.15 bits per heavy atom. The van der Waals surface area contributed by atoms with E-state index in [4.69, 9.17) is 11.6 Å². The topological polar surface area (TPSA) is 71.8 Å². The fourth-order valence-corrected chi connectivity index (χ4v) is 2.90. The zero-order chi connectivity index (χ0) is 18.4. The maximum absolute atomic E-state index is 12.1. The van der Waals surface area contributed by atoms with Gasteiger partial charge in [0, 0.05) is 11.6 Å². The predicted molar refractivity (Wildman–Crippen MR) is 101 cm³/mol. The Bertz CT molecular complexity index is 849. The largest absolute Gasteiger partial charge is 0.334 e. The molecule has 2 N–H and O–H groups in total. The molecule has 26 heavy (non-hydrogen) atoms. The van der Waals surface area contributed by atoms with E-state index >= 15 is 0 Å². The molecule has 2 amide bonds. The quantitative estimate of drug-likeness (QED) is 0.698. The molecule has 0 aliphatic carbocycles. The number of nitrogens with zero attached hydrogens (tertiary/aromatic N) is 3. The van der Waals surface area contributed by atoms with Gasteiger partial charge in [0.25, 0.3) is 0 Å². The van der Waals surface area contributed by atoms with E-state index in [0.29, 0.717) is 18.1 Å². The van der Waals surface area contributed by atoms with E-state index in [1.807, 2.05) is 55.5 Å². The van der Waals surface area contributed by atoms with Gasteiger partial charge in [0.15, 0.2) is 0 Å². The molecule has 0 bridgehead atoms. The number of amides is 2. The molecule has 6 nitrogen and oxygen atoms in total. The van der Waals surface area contributed by atoms with Crippen molar-refractivity contribution in [3.8, 4) is 0 Å². The number of carbonyl (C=O) groups is 1. The van der Waals surface area contributed by atoms with Gasteiger partial charge in [-0.05, 0) is 29.7 Å². The average molecular weight is 370 g/mol. The molecule has 1 heterocycles. The minimum absolute atomic E-state index is 0.172. The fraction of sp³-hybridized carbons (Fsp3) is 0.211. The predicted octanol–water partition coefficient (Wildman–Crippen LogP) is 3.54. The minimum atomic E-state index is -0.232. The van der Waals surface area contributed by atoms with Crippen molar-refractivity contribution in [1.82, 2.24) is 25.4 Å². The van der Waals surface area contributed by atoms with Crippen LogP contribution >= 0.6 is 11.6 Å². The number of halogens is 1. The van der Waals surface area contributed by atoms with Crippen LogP contribution in [0.4, 0.5) is 4.79 Å². The second kappa shape index (κ2) is 8.49. The van der Waals surface area contributed by atoms with Crippen molar-refractivity contribution in [2.75, 3.05) is 0 Å². The van der Waals surface area contributed by atoms with Crippen LogP contribution in [-0.2, 0) is 13.1 Å². The molecule has 0 radical (unpaired) electrons. The first-order chi connectivity index (χ1) is 12.6. The van der Waals surface area contributed by atoms with Gasteiger partial charge >= 0.3 is 6.03 Å². The van der Waals surface area contributed by atoms with Crippen LogP contribution in [0, 0.1) is 0 Å². The summed E-state index contributed by atoms with van der Waals surface area (Å²) in [5.74, 6) is 0. The van der Waals surface area contributed by atoms with Crippen LogP contribution in [0.15, 0.2) is 61.2 Å². The number of urea groups is 1. The van der Waals surface area contributed by atoms with Crippen molar-refractivity contribution in [2.45, 2.75) is 26.1 Å². The van der Waals surface area contributed by atoms with E-state index in [1.165, 1.54) is 6.33 Å². The summed E-state index contributed by atoms with van der Waals surface area (Å²) >= 11 is 6.16. The molecule has 0 spiro atoms. The Morgan fingerprint density at radius 3 is 2.58 bits per heavy atom. The second-order valence-electron chi connectivity index (χ2n) is 5.98. The molecule has 2 aromatic carbocycles. The number of rotatable bonds is 6. The molecule has 0 fully saturated rings.